The maximum Gasteiger partial charge on any atom is 0.143 e. The quantitative estimate of drug-likeness (QED) is 0.918. The maximum atomic E-state index is 4.75. The first-order valence-electron chi connectivity index (χ1n) is 7.02. The predicted molar refractivity (Wildman–Crippen MR) is 85.0 cm³/mol. The normalized spacial score (nSPS) is 17.1. The second-order valence-corrected chi connectivity index (χ2v) is 6.15. The lowest BCUT2D eigenvalue weighted by Crippen LogP contribution is -2.27. The molecular formula is C16H18BrN3. The molecule has 1 N–H and O–H groups in total. The highest BCUT2D eigenvalue weighted by atomic mass is 79.9. The van der Waals surface area contributed by atoms with Crippen LogP contribution in [0.15, 0.2) is 41.0 Å². The molecule has 1 aliphatic rings. The van der Waals surface area contributed by atoms with Crippen LogP contribution in [0.4, 0.5) is 5.82 Å². The highest BCUT2D eigenvalue weighted by Gasteiger charge is 2.40. The molecule has 3 rings (SSSR count). The summed E-state index contributed by atoms with van der Waals surface area (Å²) in [7, 11) is 1.89. The van der Waals surface area contributed by atoms with Gasteiger partial charge in [-0.1, -0.05) is 43.2 Å². The van der Waals surface area contributed by atoms with Gasteiger partial charge in [-0.3, -0.25) is 0 Å². The van der Waals surface area contributed by atoms with Crippen LogP contribution in [0.5, 0.6) is 0 Å². The minimum Gasteiger partial charge on any atom is -0.372 e. The van der Waals surface area contributed by atoms with Crippen molar-refractivity contribution in [1.29, 1.82) is 0 Å². The zero-order valence-corrected chi connectivity index (χ0v) is 13.2. The van der Waals surface area contributed by atoms with Crippen molar-refractivity contribution in [2.24, 2.45) is 0 Å². The van der Waals surface area contributed by atoms with Crippen molar-refractivity contribution in [2.75, 3.05) is 12.4 Å². The highest BCUT2D eigenvalue weighted by Crippen LogP contribution is 2.45. The number of hydrogen-bond donors (Lipinski definition) is 1. The van der Waals surface area contributed by atoms with Gasteiger partial charge in [0, 0.05) is 13.2 Å². The van der Waals surface area contributed by atoms with Crippen LogP contribution in [0, 0.1) is 0 Å². The van der Waals surface area contributed by atoms with Crippen LogP contribution in [0.25, 0.3) is 0 Å². The van der Waals surface area contributed by atoms with Crippen LogP contribution in [-0.4, -0.2) is 17.0 Å². The third kappa shape index (κ3) is 2.22. The van der Waals surface area contributed by atoms with E-state index >= 15 is 0 Å². The largest absolute Gasteiger partial charge is 0.372 e. The summed E-state index contributed by atoms with van der Waals surface area (Å²) in [5, 5.41) is 3.13. The Morgan fingerprint density at radius 3 is 2.50 bits per heavy atom. The minimum atomic E-state index is -0.0203. The summed E-state index contributed by atoms with van der Waals surface area (Å²) in [6.45, 7) is 0. The number of rotatable bonds is 3. The molecule has 0 unspecified atom stereocenters. The first kappa shape index (κ1) is 13.6. The van der Waals surface area contributed by atoms with E-state index in [1.54, 1.807) is 0 Å². The SMILES string of the molecule is CNc1nc(C2(c3ccccc3)CCCC2)ncc1Br. The van der Waals surface area contributed by atoms with Gasteiger partial charge in [-0.2, -0.15) is 0 Å². The standard InChI is InChI=1S/C16H18BrN3/c1-18-14-13(17)11-19-15(20-14)16(9-5-6-10-16)12-7-3-2-4-8-12/h2-4,7-8,11H,5-6,9-10H2,1H3,(H,18,19,20). The van der Waals surface area contributed by atoms with E-state index < -0.39 is 0 Å². The monoisotopic (exact) mass is 331 g/mol. The van der Waals surface area contributed by atoms with E-state index in [2.05, 4.69) is 56.6 Å². The number of hydrogen-bond acceptors (Lipinski definition) is 3. The van der Waals surface area contributed by atoms with Gasteiger partial charge in [0.25, 0.3) is 0 Å². The average molecular weight is 332 g/mol. The molecule has 0 atom stereocenters. The Morgan fingerprint density at radius 1 is 1.15 bits per heavy atom. The molecule has 1 saturated carbocycles. The van der Waals surface area contributed by atoms with E-state index in [0.29, 0.717) is 0 Å². The summed E-state index contributed by atoms with van der Waals surface area (Å²) >= 11 is 3.49. The third-order valence-corrected chi connectivity index (χ3v) is 4.77. The van der Waals surface area contributed by atoms with Crippen molar-refractivity contribution in [3.05, 3.63) is 52.4 Å². The maximum absolute atomic E-state index is 4.75. The van der Waals surface area contributed by atoms with Crippen LogP contribution in [-0.2, 0) is 5.41 Å². The third-order valence-electron chi connectivity index (χ3n) is 4.19. The number of benzene rings is 1. The van der Waals surface area contributed by atoms with E-state index in [1.807, 2.05) is 13.2 Å². The van der Waals surface area contributed by atoms with E-state index in [4.69, 9.17) is 4.98 Å². The Balaban J connectivity index is 2.12. The molecular weight excluding hydrogens is 314 g/mol. The fraction of sp³-hybridized carbons (Fsp3) is 0.375. The van der Waals surface area contributed by atoms with Gasteiger partial charge in [0.1, 0.15) is 11.6 Å². The van der Waals surface area contributed by atoms with Gasteiger partial charge in [-0.15, -0.1) is 0 Å². The second kappa shape index (κ2) is 5.52. The summed E-state index contributed by atoms with van der Waals surface area (Å²) in [6.07, 6.45) is 6.59. The molecule has 0 radical (unpaired) electrons. The Morgan fingerprint density at radius 2 is 1.85 bits per heavy atom. The van der Waals surface area contributed by atoms with Crippen molar-refractivity contribution in [3.8, 4) is 0 Å². The van der Waals surface area contributed by atoms with Gasteiger partial charge >= 0.3 is 0 Å². The van der Waals surface area contributed by atoms with Gasteiger partial charge in [-0.25, -0.2) is 9.97 Å². The van der Waals surface area contributed by atoms with Gasteiger partial charge in [0.15, 0.2) is 0 Å². The number of halogens is 1. The number of nitrogens with zero attached hydrogens (tertiary/aromatic N) is 2. The van der Waals surface area contributed by atoms with E-state index in [0.717, 1.165) is 29.0 Å². The van der Waals surface area contributed by atoms with Crippen LogP contribution >= 0.6 is 15.9 Å². The van der Waals surface area contributed by atoms with Crippen molar-refractivity contribution in [3.63, 3.8) is 0 Å². The van der Waals surface area contributed by atoms with Gasteiger partial charge < -0.3 is 5.32 Å². The molecule has 1 aromatic heterocycles. The lowest BCUT2D eigenvalue weighted by Gasteiger charge is -2.28. The molecule has 0 amide bonds. The average Bonchev–Trinajstić information content (AvgIpc) is 2.99. The molecule has 3 nitrogen and oxygen atoms in total. The lowest BCUT2D eigenvalue weighted by molar-refractivity contribution is 0.499. The first-order chi connectivity index (χ1) is 9.76. The highest BCUT2D eigenvalue weighted by molar-refractivity contribution is 9.10. The molecule has 1 fully saturated rings. The summed E-state index contributed by atoms with van der Waals surface area (Å²) in [6, 6.07) is 10.7. The summed E-state index contributed by atoms with van der Waals surface area (Å²) in [4.78, 5) is 9.37. The Bertz CT molecular complexity index is 592. The smallest absolute Gasteiger partial charge is 0.143 e. The molecule has 20 heavy (non-hydrogen) atoms. The number of anilines is 1. The number of nitrogens with one attached hydrogen (secondary N) is 1. The Labute approximate surface area is 128 Å². The minimum absolute atomic E-state index is 0.0203. The van der Waals surface area contributed by atoms with Gasteiger partial charge in [-0.05, 0) is 34.3 Å². The molecule has 0 aliphatic heterocycles. The second-order valence-electron chi connectivity index (χ2n) is 5.30. The van der Waals surface area contributed by atoms with E-state index in [-0.39, 0.29) is 5.41 Å². The van der Waals surface area contributed by atoms with E-state index in [9.17, 15) is 0 Å². The zero-order valence-electron chi connectivity index (χ0n) is 11.6. The predicted octanol–water partition coefficient (Wildman–Crippen LogP) is 4.14. The molecule has 0 spiro atoms. The molecule has 4 heteroatoms. The molecule has 0 saturated heterocycles. The summed E-state index contributed by atoms with van der Waals surface area (Å²) in [5.41, 5.74) is 1.31. The van der Waals surface area contributed by atoms with Crippen LogP contribution in [0.3, 0.4) is 0 Å². The molecule has 1 aromatic carbocycles. The van der Waals surface area contributed by atoms with Crippen molar-refractivity contribution < 1.29 is 0 Å². The number of aromatic nitrogens is 2. The summed E-state index contributed by atoms with van der Waals surface area (Å²) in [5.74, 6) is 1.80. The fourth-order valence-corrected chi connectivity index (χ4v) is 3.54. The van der Waals surface area contributed by atoms with Crippen LogP contribution < -0.4 is 5.32 Å². The summed E-state index contributed by atoms with van der Waals surface area (Å²) < 4.78 is 0.907. The molecule has 104 valence electrons. The Kier molecular flexibility index (Phi) is 3.74. The van der Waals surface area contributed by atoms with Crippen LogP contribution in [0.2, 0.25) is 0 Å². The molecule has 0 bridgehead atoms. The molecule has 1 heterocycles. The molecule has 1 aliphatic carbocycles. The topological polar surface area (TPSA) is 37.8 Å². The van der Waals surface area contributed by atoms with Gasteiger partial charge in [0.05, 0.1) is 9.89 Å². The van der Waals surface area contributed by atoms with E-state index in [1.165, 1.54) is 18.4 Å². The Hall–Kier alpha value is -1.42. The van der Waals surface area contributed by atoms with Crippen molar-refractivity contribution in [2.45, 2.75) is 31.1 Å². The lowest BCUT2D eigenvalue weighted by atomic mass is 9.78. The van der Waals surface area contributed by atoms with Crippen LogP contribution in [0.1, 0.15) is 37.1 Å². The van der Waals surface area contributed by atoms with Crippen molar-refractivity contribution >= 4 is 21.7 Å². The van der Waals surface area contributed by atoms with Crippen molar-refractivity contribution in [1.82, 2.24) is 9.97 Å². The fourth-order valence-electron chi connectivity index (χ4n) is 3.15. The van der Waals surface area contributed by atoms with Gasteiger partial charge in [0.2, 0.25) is 0 Å². The molecule has 2 aromatic rings. The zero-order chi connectivity index (χ0) is 14.0. The first-order valence-corrected chi connectivity index (χ1v) is 7.82.